The van der Waals surface area contributed by atoms with Gasteiger partial charge in [0.25, 0.3) is 5.91 Å². The van der Waals surface area contributed by atoms with Crippen LogP contribution in [0.1, 0.15) is 59.8 Å². The third kappa shape index (κ3) is 5.38. The number of carbonyl (C=O) groups is 3. The molecule has 28 heavy (non-hydrogen) atoms. The maximum Gasteiger partial charge on any atom is 0.406 e. The Balaban J connectivity index is 2.10. The van der Waals surface area contributed by atoms with Gasteiger partial charge in [0.1, 0.15) is 18.6 Å². The fraction of sp³-hybridized carbons (Fsp3) is 0.842. The summed E-state index contributed by atoms with van der Waals surface area (Å²) in [6.07, 6.45) is -0.968. The summed E-state index contributed by atoms with van der Waals surface area (Å²) in [6.45, 7) is 5.03. The van der Waals surface area contributed by atoms with Crippen LogP contribution in [0.5, 0.6) is 0 Å². The lowest BCUT2D eigenvalue weighted by Crippen LogP contribution is -2.51. The molecule has 0 bridgehead atoms. The lowest BCUT2D eigenvalue weighted by molar-refractivity contribution is -0.164. The van der Waals surface area contributed by atoms with Crippen molar-refractivity contribution in [3.05, 3.63) is 0 Å². The Kier molecular flexibility index (Phi) is 6.35. The van der Waals surface area contributed by atoms with E-state index >= 15 is 0 Å². The number of urea groups is 1. The second-order valence-corrected chi connectivity index (χ2v) is 9.18. The number of hydrogen-bond acceptors (Lipinski definition) is 3. The zero-order chi connectivity index (χ0) is 21.3. The molecule has 9 heteroatoms. The third-order valence-corrected chi connectivity index (χ3v) is 5.46. The minimum absolute atomic E-state index is 0.127. The van der Waals surface area contributed by atoms with Crippen LogP contribution in [0.2, 0.25) is 0 Å². The normalized spacial score (nSPS) is 26.0. The number of imide groups is 1. The van der Waals surface area contributed by atoms with Gasteiger partial charge in [-0.25, -0.2) is 4.79 Å². The van der Waals surface area contributed by atoms with Crippen molar-refractivity contribution in [3.63, 3.8) is 0 Å². The highest BCUT2D eigenvalue weighted by molar-refractivity contribution is 6.09. The van der Waals surface area contributed by atoms with Gasteiger partial charge in [0.2, 0.25) is 5.91 Å². The van der Waals surface area contributed by atoms with Gasteiger partial charge in [-0.3, -0.25) is 14.5 Å². The minimum atomic E-state index is -4.56. The summed E-state index contributed by atoms with van der Waals surface area (Å²) in [4.78, 5) is 39.2. The van der Waals surface area contributed by atoms with E-state index in [4.69, 9.17) is 0 Å². The molecule has 2 rings (SSSR count). The van der Waals surface area contributed by atoms with Crippen LogP contribution >= 0.6 is 0 Å². The van der Waals surface area contributed by atoms with Crippen molar-refractivity contribution in [1.82, 2.24) is 15.1 Å². The number of rotatable bonds is 5. The van der Waals surface area contributed by atoms with Crippen molar-refractivity contribution >= 4 is 17.8 Å². The number of alkyl halides is 3. The predicted molar refractivity (Wildman–Crippen MR) is 97.3 cm³/mol. The van der Waals surface area contributed by atoms with E-state index in [2.05, 4.69) is 12.2 Å². The van der Waals surface area contributed by atoms with Gasteiger partial charge in [0.05, 0.1) is 0 Å². The summed E-state index contributed by atoms with van der Waals surface area (Å²) >= 11 is 0. The van der Waals surface area contributed by atoms with Gasteiger partial charge in [-0.2, -0.15) is 13.2 Å². The molecule has 2 fully saturated rings. The summed E-state index contributed by atoms with van der Waals surface area (Å²) in [5, 5.41) is 2.70. The van der Waals surface area contributed by atoms with Crippen molar-refractivity contribution in [2.24, 2.45) is 11.3 Å². The van der Waals surface area contributed by atoms with E-state index in [0.29, 0.717) is 23.7 Å². The highest BCUT2D eigenvalue weighted by atomic mass is 19.4. The van der Waals surface area contributed by atoms with Crippen LogP contribution in [0.15, 0.2) is 0 Å². The Hall–Kier alpha value is -1.80. The molecule has 1 saturated carbocycles. The molecule has 1 spiro atoms. The second kappa shape index (κ2) is 7.91. The SMILES string of the molecule is CCC1CCC2(CC1)NC(=O)N(CC(=O)N(CC(C)(C)C)CC(F)(F)F)C2=O. The molecular formula is C19H30F3N3O3. The van der Waals surface area contributed by atoms with Crippen LogP contribution in [0.3, 0.4) is 0 Å². The minimum Gasteiger partial charge on any atom is -0.332 e. The number of amides is 4. The summed E-state index contributed by atoms with van der Waals surface area (Å²) in [7, 11) is 0. The van der Waals surface area contributed by atoms with Crippen LogP contribution < -0.4 is 5.32 Å². The maximum atomic E-state index is 12.9. The van der Waals surface area contributed by atoms with Crippen molar-refractivity contribution in [3.8, 4) is 0 Å². The molecule has 0 atom stereocenters. The van der Waals surface area contributed by atoms with E-state index in [-0.39, 0.29) is 6.54 Å². The van der Waals surface area contributed by atoms with E-state index in [9.17, 15) is 27.6 Å². The Bertz CT molecular complexity index is 604. The third-order valence-electron chi connectivity index (χ3n) is 5.46. The lowest BCUT2D eigenvalue weighted by Gasteiger charge is -2.35. The highest BCUT2D eigenvalue weighted by Crippen LogP contribution is 2.37. The van der Waals surface area contributed by atoms with Crippen molar-refractivity contribution in [2.75, 3.05) is 19.6 Å². The van der Waals surface area contributed by atoms with Crippen molar-refractivity contribution < 1.29 is 27.6 Å². The van der Waals surface area contributed by atoms with Gasteiger partial charge in [-0.15, -0.1) is 0 Å². The summed E-state index contributed by atoms with van der Waals surface area (Å²) < 4.78 is 38.7. The molecule has 0 unspecified atom stereocenters. The topological polar surface area (TPSA) is 69.7 Å². The summed E-state index contributed by atoms with van der Waals surface area (Å²) in [6, 6.07) is -0.698. The molecular weight excluding hydrogens is 375 g/mol. The molecule has 0 aromatic rings. The van der Waals surface area contributed by atoms with Crippen LogP contribution in [0, 0.1) is 11.3 Å². The molecule has 1 saturated heterocycles. The molecule has 160 valence electrons. The largest absolute Gasteiger partial charge is 0.406 e. The molecule has 1 N–H and O–H groups in total. The Morgan fingerprint density at radius 2 is 1.75 bits per heavy atom. The molecule has 0 aromatic carbocycles. The molecule has 1 heterocycles. The van der Waals surface area contributed by atoms with Gasteiger partial charge in [-0.05, 0) is 37.0 Å². The molecule has 0 aromatic heterocycles. The van der Waals surface area contributed by atoms with E-state index in [1.807, 2.05) is 0 Å². The van der Waals surface area contributed by atoms with Crippen LogP contribution in [0.4, 0.5) is 18.0 Å². The van der Waals surface area contributed by atoms with E-state index in [1.54, 1.807) is 20.8 Å². The lowest BCUT2D eigenvalue weighted by atomic mass is 9.75. The van der Waals surface area contributed by atoms with E-state index in [0.717, 1.165) is 24.2 Å². The van der Waals surface area contributed by atoms with Gasteiger partial charge < -0.3 is 10.2 Å². The smallest absolute Gasteiger partial charge is 0.332 e. The van der Waals surface area contributed by atoms with Crippen molar-refractivity contribution in [1.29, 1.82) is 0 Å². The first kappa shape index (κ1) is 22.5. The molecule has 1 aliphatic heterocycles. The van der Waals surface area contributed by atoms with E-state index < -0.39 is 48.1 Å². The fourth-order valence-electron chi connectivity index (χ4n) is 3.99. The van der Waals surface area contributed by atoms with Crippen LogP contribution in [0.25, 0.3) is 0 Å². The summed E-state index contributed by atoms with van der Waals surface area (Å²) in [5.41, 5.74) is -1.57. The fourth-order valence-corrected chi connectivity index (χ4v) is 3.99. The number of carbonyl (C=O) groups excluding carboxylic acids is 3. The maximum absolute atomic E-state index is 12.9. The first-order valence-corrected chi connectivity index (χ1v) is 9.75. The Morgan fingerprint density at radius 1 is 1.18 bits per heavy atom. The zero-order valence-electron chi connectivity index (χ0n) is 17.0. The number of nitrogens with zero attached hydrogens (tertiary/aromatic N) is 2. The molecule has 4 amide bonds. The number of nitrogens with one attached hydrogen (secondary N) is 1. The van der Waals surface area contributed by atoms with E-state index in [1.165, 1.54) is 0 Å². The van der Waals surface area contributed by atoms with Gasteiger partial charge >= 0.3 is 12.2 Å². The Morgan fingerprint density at radius 3 is 2.21 bits per heavy atom. The van der Waals surface area contributed by atoms with Crippen LogP contribution in [-0.4, -0.2) is 59.0 Å². The van der Waals surface area contributed by atoms with Crippen LogP contribution in [-0.2, 0) is 9.59 Å². The number of halogens is 3. The zero-order valence-corrected chi connectivity index (χ0v) is 17.0. The first-order chi connectivity index (χ1) is 12.8. The molecule has 6 nitrogen and oxygen atoms in total. The van der Waals surface area contributed by atoms with Gasteiger partial charge in [0, 0.05) is 6.54 Å². The standard InChI is InChI=1S/C19H30F3N3O3/c1-5-13-6-8-18(9-7-13)15(27)25(16(28)23-18)10-14(26)24(11-17(2,3)4)12-19(20,21)22/h13H,5-12H2,1-4H3,(H,23,28). The van der Waals surface area contributed by atoms with Gasteiger partial charge in [-0.1, -0.05) is 34.1 Å². The quantitative estimate of drug-likeness (QED) is 0.714. The monoisotopic (exact) mass is 405 g/mol. The second-order valence-electron chi connectivity index (χ2n) is 9.18. The highest BCUT2D eigenvalue weighted by Gasteiger charge is 2.53. The molecule has 0 radical (unpaired) electrons. The summed E-state index contributed by atoms with van der Waals surface area (Å²) in [5.74, 6) is -0.877. The molecule has 2 aliphatic rings. The van der Waals surface area contributed by atoms with Gasteiger partial charge in [0.15, 0.2) is 0 Å². The average molecular weight is 405 g/mol. The first-order valence-electron chi connectivity index (χ1n) is 9.75. The number of hydrogen-bond donors (Lipinski definition) is 1. The molecule has 1 aliphatic carbocycles. The Labute approximate surface area is 163 Å². The predicted octanol–water partition coefficient (Wildman–Crippen LogP) is 3.31. The average Bonchev–Trinajstić information content (AvgIpc) is 2.77. The van der Waals surface area contributed by atoms with Crippen molar-refractivity contribution in [2.45, 2.75) is 71.5 Å².